The molecule has 0 aliphatic carbocycles. The fourth-order valence-corrected chi connectivity index (χ4v) is 2.84. The van der Waals surface area contributed by atoms with E-state index in [-0.39, 0.29) is 36.4 Å². The predicted octanol–water partition coefficient (Wildman–Crippen LogP) is 2.46. The lowest BCUT2D eigenvalue weighted by molar-refractivity contribution is -0.127. The second-order valence-corrected chi connectivity index (χ2v) is 7.96. The molecule has 0 rings (SSSR count). The zero-order chi connectivity index (χ0) is 21.5. The van der Waals surface area contributed by atoms with E-state index in [0.29, 0.717) is 38.1 Å². The highest BCUT2D eigenvalue weighted by molar-refractivity contribution is 5.87. The molecule has 0 saturated carbocycles. The molecule has 0 aliphatic heterocycles. The third-order valence-corrected chi connectivity index (χ3v) is 4.74. The standard InChI is InChI=1S/C21H39N3O4/c1-5-8-16(4)18(25)11-13-19(26)23-14-7-6-9-17(21(22)28)24-20(27)12-10-15(2)3/h15-17H,5-14H2,1-4H3,(H2,22,28)(H,23,26)(H,24,27)/t16?,17-/m0/s1. The number of unbranched alkanes of at least 4 members (excludes halogenated alkanes) is 1. The van der Waals surface area contributed by atoms with Crippen LogP contribution in [0.1, 0.15) is 85.5 Å². The Labute approximate surface area is 169 Å². The van der Waals surface area contributed by atoms with Gasteiger partial charge >= 0.3 is 0 Å². The molecular weight excluding hydrogens is 358 g/mol. The van der Waals surface area contributed by atoms with E-state index in [0.717, 1.165) is 19.3 Å². The summed E-state index contributed by atoms with van der Waals surface area (Å²) in [6.07, 6.45) is 5.24. The summed E-state index contributed by atoms with van der Waals surface area (Å²) in [6, 6.07) is -0.673. The van der Waals surface area contributed by atoms with Gasteiger partial charge in [0.15, 0.2) is 0 Å². The van der Waals surface area contributed by atoms with E-state index in [2.05, 4.69) is 10.6 Å². The first-order valence-corrected chi connectivity index (χ1v) is 10.5. The van der Waals surface area contributed by atoms with Crippen molar-refractivity contribution in [1.29, 1.82) is 0 Å². The van der Waals surface area contributed by atoms with Crippen LogP contribution in [0.5, 0.6) is 0 Å². The summed E-state index contributed by atoms with van der Waals surface area (Å²) in [4.78, 5) is 47.0. The second kappa shape index (κ2) is 15.1. The third-order valence-electron chi connectivity index (χ3n) is 4.74. The Morgan fingerprint density at radius 3 is 2.11 bits per heavy atom. The maximum Gasteiger partial charge on any atom is 0.239 e. The second-order valence-electron chi connectivity index (χ2n) is 7.96. The van der Waals surface area contributed by atoms with Gasteiger partial charge < -0.3 is 16.4 Å². The average Bonchev–Trinajstić information content (AvgIpc) is 2.63. The maximum absolute atomic E-state index is 11.9. The van der Waals surface area contributed by atoms with E-state index in [1.165, 1.54) is 0 Å². The van der Waals surface area contributed by atoms with Gasteiger partial charge in [-0.2, -0.15) is 0 Å². The minimum atomic E-state index is -0.673. The van der Waals surface area contributed by atoms with Crippen molar-refractivity contribution in [2.24, 2.45) is 17.6 Å². The molecule has 0 fully saturated rings. The number of carbonyl (C=O) groups is 4. The monoisotopic (exact) mass is 397 g/mol. The van der Waals surface area contributed by atoms with Gasteiger partial charge in [-0.15, -0.1) is 0 Å². The van der Waals surface area contributed by atoms with Gasteiger partial charge in [-0.1, -0.05) is 34.1 Å². The van der Waals surface area contributed by atoms with E-state index in [9.17, 15) is 19.2 Å². The SMILES string of the molecule is CCCC(C)C(=O)CCC(=O)NCCCC[C@H](NC(=O)CCC(C)C)C(N)=O. The summed E-state index contributed by atoms with van der Waals surface area (Å²) in [5, 5.41) is 5.48. The molecule has 0 aromatic rings. The van der Waals surface area contributed by atoms with Crippen molar-refractivity contribution in [1.82, 2.24) is 10.6 Å². The number of hydrogen-bond acceptors (Lipinski definition) is 4. The number of carbonyl (C=O) groups excluding carboxylic acids is 4. The number of rotatable bonds is 16. The minimum absolute atomic E-state index is 0.0132. The Morgan fingerprint density at radius 1 is 0.857 bits per heavy atom. The van der Waals surface area contributed by atoms with E-state index >= 15 is 0 Å². The third kappa shape index (κ3) is 13.3. The molecule has 0 saturated heterocycles. The summed E-state index contributed by atoms with van der Waals surface area (Å²) in [5.41, 5.74) is 5.36. The molecule has 0 spiro atoms. The molecule has 162 valence electrons. The van der Waals surface area contributed by atoms with Crippen molar-refractivity contribution in [3.63, 3.8) is 0 Å². The summed E-state index contributed by atoms with van der Waals surface area (Å²) in [6.45, 7) is 8.49. The van der Waals surface area contributed by atoms with Gasteiger partial charge in [0.1, 0.15) is 11.8 Å². The maximum atomic E-state index is 11.9. The van der Waals surface area contributed by atoms with Gasteiger partial charge in [-0.3, -0.25) is 19.2 Å². The highest BCUT2D eigenvalue weighted by Crippen LogP contribution is 2.10. The van der Waals surface area contributed by atoms with Gasteiger partial charge in [-0.05, 0) is 38.0 Å². The molecule has 28 heavy (non-hydrogen) atoms. The number of hydrogen-bond donors (Lipinski definition) is 3. The van der Waals surface area contributed by atoms with Gasteiger partial charge in [0, 0.05) is 31.7 Å². The Bertz CT molecular complexity index is 506. The van der Waals surface area contributed by atoms with Crippen LogP contribution in [0.2, 0.25) is 0 Å². The molecule has 0 heterocycles. The highest BCUT2D eigenvalue weighted by atomic mass is 16.2. The average molecular weight is 398 g/mol. The van der Waals surface area contributed by atoms with E-state index < -0.39 is 11.9 Å². The van der Waals surface area contributed by atoms with Gasteiger partial charge in [-0.25, -0.2) is 0 Å². The van der Waals surface area contributed by atoms with Crippen molar-refractivity contribution in [3.05, 3.63) is 0 Å². The van der Waals surface area contributed by atoms with Gasteiger partial charge in [0.2, 0.25) is 17.7 Å². The fraction of sp³-hybridized carbons (Fsp3) is 0.810. The molecule has 4 N–H and O–H groups in total. The summed E-state index contributed by atoms with van der Waals surface area (Å²) >= 11 is 0. The highest BCUT2D eigenvalue weighted by Gasteiger charge is 2.18. The van der Waals surface area contributed by atoms with Crippen molar-refractivity contribution in [2.45, 2.75) is 91.5 Å². The molecular formula is C21H39N3O4. The number of amides is 3. The molecule has 0 aromatic heterocycles. The van der Waals surface area contributed by atoms with Gasteiger partial charge in [0.25, 0.3) is 0 Å². The fourth-order valence-electron chi connectivity index (χ4n) is 2.84. The zero-order valence-electron chi connectivity index (χ0n) is 18.0. The number of ketones is 1. The van der Waals surface area contributed by atoms with Crippen LogP contribution in [0.25, 0.3) is 0 Å². The largest absolute Gasteiger partial charge is 0.368 e. The smallest absolute Gasteiger partial charge is 0.239 e. The molecule has 0 bridgehead atoms. The first-order valence-electron chi connectivity index (χ1n) is 10.5. The molecule has 7 heteroatoms. The number of nitrogens with two attached hydrogens (primary N) is 1. The van der Waals surface area contributed by atoms with Crippen LogP contribution >= 0.6 is 0 Å². The van der Waals surface area contributed by atoms with Crippen molar-refractivity contribution in [2.75, 3.05) is 6.54 Å². The van der Waals surface area contributed by atoms with E-state index in [1.54, 1.807) is 0 Å². The zero-order valence-corrected chi connectivity index (χ0v) is 18.0. The quantitative estimate of drug-likeness (QED) is 0.347. The first kappa shape index (κ1) is 26.1. The predicted molar refractivity (Wildman–Crippen MR) is 110 cm³/mol. The molecule has 2 atom stereocenters. The lowest BCUT2D eigenvalue weighted by Crippen LogP contribution is -2.44. The Hall–Kier alpha value is -1.92. The molecule has 7 nitrogen and oxygen atoms in total. The molecule has 1 unspecified atom stereocenters. The van der Waals surface area contributed by atoms with Gasteiger partial charge in [0.05, 0.1) is 0 Å². The Kier molecular flexibility index (Phi) is 14.0. The molecule has 0 aromatic carbocycles. The molecule has 0 radical (unpaired) electrons. The summed E-state index contributed by atoms with van der Waals surface area (Å²) < 4.78 is 0. The number of primary amides is 1. The Balaban J connectivity index is 3.98. The van der Waals surface area contributed by atoms with E-state index in [4.69, 9.17) is 5.73 Å². The van der Waals surface area contributed by atoms with E-state index in [1.807, 2.05) is 27.7 Å². The minimum Gasteiger partial charge on any atom is -0.368 e. The van der Waals surface area contributed by atoms with Crippen molar-refractivity contribution < 1.29 is 19.2 Å². The number of Topliss-reactive ketones (excluding diaryl/α,β-unsaturated/α-hetero) is 1. The lowest BCUT2D eigenvalue weighted by Gasteiger charge is -2.16. The van der Waals surface area contributed by atoms with Crippen LogP contribution in [0.3, 0.4) is 0 Å². The summed E-state index contributed by atoms with van der Waals surface area (Å²) in [7, 11) is 0. The normalized spacial score (nSPS) is 13.0. The van der Waals surface area contributed by atoms with Crippen LogP contribution < -0.4 is 16.4 Å². The van der Waals surface area contributed by atoms with Crippen molar-refractivity contribution in [3.8, 4) is 0 Å². The molecule has 0 aliphatic rings. The summed E-state index contributed by atoms with van der Waals surface area (Å²) in [5.74, 6) is -0.264. The Morgan fingerprint density at radius 2 is 1.54 bits per heavy atom. The molecule has 3 amide bonds. The topological polar surface area (TPSA) is 118 Å². The number of nitrogens with one attached hydrogen (secondary N) is 2. The van der Waals surface area contributed by atoms with Crippen LogP contribution in [0.4, 0.5) is 0 Å². The van der Waals surface area contributed by atoms with Crippen LogP contribution in [-0.4, -0.2) is 36.1 Å². The van der Waals surface area contributed by atoms with Crippen LogP contribution in [0.15, 0.2) is 0 Å². The lowest BCUT2D eigenvalue weighted by atomic mass is 9.97. The first-order chi connectivity index (χ1) is 13.2. The van der Waals surface area contributed by atoms with Crippen molar-refractivity contribution >= 4 is 23.5 Å². The van der Waals surface area contributed by atoms with Crippen LogP contribution in [0, 0.1) is 11.8 Å². The van der Waals surface area contributed by atoms with Crippen LogP contribution in [-0.2, 0) is 19.2 Å².